The Hall–Kier alpha value is -6.04. The zero-order valence-corrected chi connectivity index (χ0v) is 40.1. The third-order valence-corrected chi connectivity index (χ3v) is 17.0. The molecule has 0 amide bonds. The maximum atomic E-state index is 7.33. The summed E-state index contributed by atoms with van der Waals surface area (Å²) in [5.41, 5.74) is 20.4. The molecule has 3 aliphatic rings. The molecular formula is C60H55BN2OS. The van der Waals surface area contributed by atoms with E-state index in [1.54, 1.807) is 0 Å². The van der Waals surface area contributed by atoms with Crippen molar-refractivity contribution in [3.05, 3.63) is 150 Å². The quantitative estimate of drug-likeness (QED) is 0.162. The number of aromatic nitrogens is 1. The van der Waals surface area contributed by atoms with E-state index in [0.29, 0.717) is 0 Å². The molecule has 7 aromatic carbocycles. The van der Waals surface area contributed by atoms with Crippen LogP contribution >= 0.6 is 11.3 Å². The smallest absolute Gasteiger partial charge is 0.343 e. The van der Waals surface area contributed by atoms with Gasteiger partial charge >= 0.3 is 6.85 Å². The molecule has 0 radical (unpaired) electrons. The van der Waals surface area contributed by atoms with Gasteiger partial charge in [-0.3, -0.25) is 0 Å². The van der Waals surface area contributed by atoms with Gasteiger partial charge < -0.3 is 13.8 Å². The molecule has 0 saturated carbocycles. The predicted octanol–water partition coefficient (Wildman–Crippen LogP) is 15.7. The van der Waals surface area contributed by atoms with Crippen LogP contribution in [0.5, 0.6) is 0 Å². The second-order valence-corrected chi connectivity index (χ2v) is 23.9. The van der Waals surface area contributed by atoms with Crippen LogP contribution in [-0.4, -0.2) is 11.4 Å². The molecule has 0 saturated heterocycles. The van der Waals surface area contributed by atoms with Crippen LogP contribution in [0.25, 0.3) is 81.8 Å². The van der Waals surface area contributed by atoms with Crippen molar-refractivity contribution in [1.82, 2.24) is 4.57 Å². The summed E-state index contributed by atoms with van der Waals surface area (Å²) in [6.45, 7) is 23.7. The minimum Gasteiger partial charge on any atom is -0.455 e. The summed E-state index contributed by atoms with van der Waals surface area (Å²) >= 11 is 1.98. The Balaban J connectivity index is 1.28. The van der Waals surface area contributed by atoms with Gasteiger partial charge in [0.2, 0.25) is 0 Å². The summed E-state index contributed by atoms with van der Waals surface area (Å²) in [7, 11) is 0. The molecule has 0 unspecified atom stereocenters. The first-order valence-corrected chi connectivity index (χ1v) is 24.5. The first-order valence-electron chi connectivity index (χ1n) is 23.7. The van der Waals surface area contributed by atoms with Crippen molar-refractivity contribution in [3.8, 4) is 27.9 Å². The van der Waals surface area contributed by atoms with E-state index < -0.39 is 0 Å². The summed E-state index contributed by atoms with van der Waals surface area (Å²) < 4.78 is 12.7. The third-order valence-electron chi connectivity index (χ3n) is 15.7. The van der Waals surface area contributed by atoms with Gasteiger partial charge in [-0.05, 0) is 134 Å². The summed E-state index contributed by atoms with van der Waals surface area (Å²) in [6, 6.07) is 48.9. The summed E-state index contributed by atoms with van der Waals surface area (Å²) in [6.07, 6.45) is 2.32. The number of fused-ring (bicyclic) bond motifs is 16. The maximum absolute atomic E-state index is 7.33. The number of benzene rings is 7. The molecule has 13 rings (SSSR count). The molecule has 0 atom stereocenters. The fraction of sp³-hybridized carbons (Fsp3) is 0.267. The van der Waals surface area contributed by atoms with Gasteiger partial charge in [0, 0.05) is 48.0 Å². The minimum absolute atomic E-state index is 0.0375. The molecule has 0 N–H and O–H groups in total. The van der Waals surface area contributed by atoms with Crippen LogP contribution in [-0.2, 0) is 21.7 Å². The van der Waals surface area contributed by atoms with Gasteiger partial charge in [0.15, 0.2) is 0 Å². The van der Waals surface area contributed by atoms with Crippen molar-refractivity contribution in [2.24, 2.45) is 0 Å². The highest BCUT2D eigenvalue weighted by atomic mass is 32.1. The van der Waals surface area contributed by atoms with Gasteiger partial charge in [-0.15, -0.1) is 11.3 Å². The number of para-hydroxylation sites is 1. The average molecular weight is 863 g/mol. The van der Waals surface area contributed by atoms with Crippen molar-refractivity contribution in [2.75, 3.05) is 4.81 Å². The third kappa shape index (κ3) is 5.36. The molecule has 65 heavy (non-hydrogen) atoms. The van der Waals surface area contributed by atoms with Gasteiger partial charge in [0.05, 0.1) is 22.1 Å². The zero-order valence-electron chi connectivity index (χ0n) is 39.3. The predicted molar refractivity (Wildman–Crippen MR) is 281 cm³/mol. The first-order chi connectivity index (χ1) is 31.0. The van der Waals surface area contributed by atoms with E-state index in [9.17, 15) is 0 Å². The fourth-order valence-electron chi connectivity index (χ4n) is 12.0. The molecule has 5 heterocycles. The molecule has 10 aromatic rings. The monoisotopic (exact) mass is 862 g/mol. The Morgan fingerprint density at radius 2 is 1.29 bits per heavy atom. The highest BCUT2D eigenvalue weighted by molar-refractivity contribution is 7.32. The number of furan rings is 1. The lowest BCUT2D eigenvalue weighted by atomic mass is 9.46. The van der Waals surface area contributed by atoms with Crippen LogP contribution in [0.1, 0.15) is 104 Å². The van der Waals surface area contributed by atoms with Crippen LogP contribution < -0.4 is 15.1 Å². The Bertz CT molecular complexity index is 3680. The second kappa shape index (κ2) is 12.9. The standard InChI is InChI=1S/C60H55BN2OS/c1-57(2,3)36-21-24-38(25-22-36)63-45-26-23-37(58(4,5)6)31-40(45)49-50-39-18-14-15-19-47(39)64-55(50)51-41-32-43-44(60(9,10)29-28-59(43,7)8)33-46(41)62-53-42-30-35(34-16-12-11-13-17-34)20-27-48(42)65-56(53)61(63)52(49)54(51)62/h11-27,30-33H,28-29H2,1-10H3. The lowest BCUT2D eigenvalue weighted by Gasteiger charge is -2.42. The van der Waals surface area contributed by atoms with Gasteiger partial charge in [-0.2, -0.15) is 0 Å². The van der Waals surface area contributed by atoms with Crippen molar-refractivity contribution in [3.63, 3.8) is 0 Å². The summed E-state index contributed by atoms with van der Waals surface area (Å²) in [4.78, 5) is 2.70. The van der Waals surface area contributed by atoms with E-state index in [1.165, 1.54) is 114 Å². The highest BCUT2D eigenvalue weighted by Crippen LogP contribution is 2.55. The molecule has 3 nitrogen and oxygen atoms in total. The number of thiophene rings is 1. The number of nitrogens with zero attached hydrogens (tertiary/aromatic N) is 2. The van der Waals surface area contributed by atoms with Crippen LogP contribution in [0.4, 0.5) is 11.4 Å². The number of hydrogen-bond acceptors (Lipinski definition) is 3. The molecule has 1 aliphatic carbocycles. The van der Waals surface area contributed by atoms with Gasteiger partial charge in [0.1, 0.15) is 11.2 Å². The van der Waals surface area contributed by atoms with Gasteiger partial charge in [-0.25, -0.2) is 0 Å². The normalized spacial score (nSPS) is 16.2. The molecule has 2 aliphatic heterocycles. The average Bonchev–Trinajstić information content (AvgIpc) is 3.96. The number of anilines is 2. The molecule has 5 heteroatoms. The molecule has 3 aromatic heterocycles. The van der Waals surface area contributed by atoms with Crippen LogP contribution in [0.2, 0.25) is 0 Å². The SMILES string of the molecule is CC(C)(C)c1ccc(N2B3c4sc5ccc(-c6ccccc6)cc5c4-n4c5cc6c(cc5c5c7oc8ccccc8c7c(c3c54)-c3cc(C(C)(C)C)ccc32)C(C)(C)CCC6(C)C)cc1. The Morgan fingerprint density at radius 3 is 2.02 bits per heavy atom. The summed E-state index contributed by atoms with van der Waals surface area (Å²) in [5.74, 6) is 0. The van der Waals surface area contributed by atoms with Crippen LogP contribution in [0.3, 0.4) is 0 Å². The second-order valence-electron chi connectivity index (χ2n) is 22.8. The highest BCUT2D eigenvalue weighted by Gasteiger charge is 2.48. The molecule has 320 valence electrons. The van der Waals surface area contributed by atoms with Crippen molar-refractivity contribution < 1.29 is 4.42 Å². The molecule has 0 fully saturated rings. The molecule has 0 bridgehead atoms. The Morgan fingerprint density at radius 1 is 0.615 bits per heavy atom. The van der Waals surface area contributed by atoms with Gasteiger partial charge in [0.25, 0.3) is 0 Å². The molecule has 0 spiro atoms. The maximum Gasteiger partial charge on any atom is 0.343 e. The lowest BCUT2D eigenvalue weighted by Crippen LogP contribution is -2.59. The van der Waals surface area contributed by atoms with Crippen molar-refractivity contribution in [1.29, 1.82) is 0 Å². The minimum atomic E-state index is -0.0917. The van der Waals surface area contributed by atoms with E-state index >= 15 is 0 Å². The van der Waals surface area contributed by atoms with Crippen LogP contribution in [0, 0.1) is 0 Å². The van der Waals surface area contributed by atoms with E-state index in [2.05, 4.69) is 206 Å². The topological polar surface area (TPSA) is 21.3 Å². The number of rotatable bonds is 2. The number of hydrogen-bond donors (Lipinski definition) is 0. The van der Waals surface area contributed by atoms with Crippen LogP contribution in [0.15, 0.2) is 132 Å². The van der Waals surface area contributed by atoms with Crippen molar-refractivity contribution in [2.45, 2.75) is 104 Å². The first kappa shape index (κ1) is 39.3. The van der Waals surface area contributed by atoms with Gasteiger partial charge in [-0.1, -0.05) is 142 Å². The molecular weight excluding hydrogens is 808 g/mol. The Labute approximate surface area is 386 Å². The van der Waals surface area contributed by atoms with E-state index in [1.807, 2.05) is 11.3 Å². The zero-order chi connectivity index (χ0) is 44.7. The Kier molecular flexibility index (Phi) is 7.78. The van der Waals surface area contributed by atoms with Crippen molar-refractivity contribution >= 4 is 93.6 Å². The lowest BCUT2D eigenvalue weighted by molar-refractivity contribution is 0.332. The van der Waals surface area contributed by atoms with E-state index in [-0.39, 0.29) is 28.5 Å². The van der Waals surface area contributed by atoms with E-state index in [0.717, 1.165) is 24.0 Å². The fourth-order valence-corrected chi connectivity index (χ4v) is 13.3. The largest absolute Gasteiger partial charge is 0.455 e. The summed E-state index contributed by atoms with van der Waals surface area (Å²) in [5, 5.41) is 6.24. The van der Waals surface area contributed by atoms with E-state index in [4.69, 9.17) is 4.42 Å².